The van der Waals surface area contributed by atoms with Gasteiger partial charge in [-0.3, -0.25) is 0 Å². The molecule has 0 N–H and O–H groups in total. The van der Waals surface area contributed by atoms with Gasteiger partial charge in [-0.2, -0.15) is 0 Å². The van der Waals surface area contributed by atoms with Crippen molar-refractivity contribution < 1.29 is 0 Å². The number of unbranched alkanes of at least 4 members (excludes halogenated alkanes) is 11. The molecular formula is C23H50ClP. The zero-order chi connectivity index (χ0) is 18.9. The van der Waals surface area contributed by atoms with Crippen molar-refractivity contribution in [3.05, 3.63) is 0 Å². The molecule has 0 spiro atoms. The molecular weight excluding hydrogens is 343 g/mol. The third-order valence-electron chi connectivity index (χ3n) is 6.03. The van der Waals surface area contributed by atoms with E-state index >= 15 is 0 Å². The molecule has 0 atom stereocenters. The maximum absolute atomic E-state index is 7.80. The predicted molar refractivity (Wildman–Crippen MR) is 124 cm³/mol. The monoisotopic (exact) mass is 392 g/mol. The fourth-order valence-corrected chi connectivity index (χ4v) is 11.1. The van der Waals surface area contributed by atoms with Crippen LogP contribution in [-0.4, -0.2) is 24.6 Å². The summed E-state index contributed by atoms with van der Waals surface area (Å²) < 4.78 is 0. The van der Waals surface area contributed by atoms with Crippen LogP contribution in [0.5, 0.6) is 0 Å². The first-order valence-electron chi connectivity index (χ1n) is 11.8. The fraction of sp³-hybridized carbons (Fsp3) is 1.00. The first-order valence-corrected chi connectivity index (χ1v) is 15.6. The van der Waals surface area contributed by atoms with Crippen LogP contribution in [0.15, 0.2) is 0 Å². The van der Waals surface area contributed by atoms with Crippen molar-refractivity contribution in [2.75, 3.05) is 24.6 Å². The molecule has 0 aliphatic carbocycles. The van der Waals surface area contributed by atoms with E-state index in [1.165, 1.54) is 121 Å². The van der Waals surface area contributed by atoms with Crippen molar-refractivity contribution in [1.29, 1.82) is 0 Å². The molecule has 0 aliphatic rings. The zero-order valence-electron chi connectivity index (χ0n) is 18.3. The van der Waals surface area contributed by atoms with Crippen LogP contribution in [0.3, 0.4) is 0 Å². The minimum atomic E-state index is -2.00. The Kier molecular flexibility index (Phi) is 16.2. The van der Waals surface area contributed by atoms with Gasteiger partial charge in [-0.25, -0.2) is 0 Å². The van der Waals surface area contributed by atoms with Crippen molar-refractivity contribution in [2.45, 2.75) is 124 Å². The van der Waals surface area contributed by atoms with Crippen LogP contribution in [0.2, 0.25) is 0 Å². The van der Waals surface area contributed by atoms with Gasteiger partial charge in [-0.1, -0.05) is 0 Å². The third-order valence-corrected chi connectivity index (χ3v) is 13.8. The molecule has 25 heavy (non-hydrogen) atoms. The molecule has 0 nitrogen and oxygen atoms in total. The van der Waals surface area contributed by atoms with E-state index in [9.17, 15) is 0 Å². The van der Waals surface area contributed by atoms with Crippen LogP contribution in [0.25, 0.3) is 0 Å². The number of hydrogen-bond donors (Lipinski definition) is 0. The van der Waals surface area contributed by atoms with Crippen molar-refractivity contribution >= 4 is 17.2 Å². The number of halogens is 1. The summed E-state index contributed by atoms with van der Waals surface area (Å²) in [5, 5.41) is 0. The number of hydrogen-bond acceptors (Lipinski definition) is 0. The molecule has 0 bridgehead atoms. The van der Waals surface area contributed by atoms with Crippen LogP contribution >= 0.6 is 17.2 Å². The summed E-state index contributed by atoms with van der Waals surface area (Å²) in [6, 6.07) is 0. The molecule has 0 saturated carbocycles. The summed E-state index contributed by atoms with van der Waals surface area (Å²) in [4.78, 5) is 0. The average Bonchev–Trinajstić information content (AvgIpc) is 2.61. The number of rotatable bonds is 19. The predicted octanol–water partition coefficient (Wildman–Crippen LogP) is 9.62. The average molecular weight is 393 g/mol. The maximum atomic E-state index is 7.80. The Hall–Kier alpha value is 0.720. The van der Waals surface area contributed by atoms with Crippen LogP contribution in [0.1, 0.15) is 124 Å². The van der Waals surface area contributed by atoms with Crippen LogP contribution in [0, 0.1) is 0 Å². The van der Waals surface area contributed by atoms with Gasteiger partial charge in [0.2, 0.25) is 0 Å². The molecule has 0 aromatic heterocycles. The topological polar surface area (TPSA) is 0 Å². The first-order chi connectivity index (χ1) is 12.0. The van der Waals surface area contributed by atoms with E-state index < -0.39 is 5.96 Å². The summed E-state index contributed by atoms with van der Waals surface area (Å²) in [6.07, 6.45) is 26.2. The second-order valence-electron chi connectivity index (χ2n) is 8.60. The van der Waals surface area contributed by atoms with Gasteiger partial charge in [0.25, 0.3) is 0 Å². The zero-order valence-corrected chi connectivity index (χ0v) is 19.9. The Morgan fingerprint density at radius 1 is 0.400 bits per heavy atom. The quantitative estimate of drug-likeness (QED) is 0.151. The van der Waals surface area contributed by atoms with Crippen LogP contribution in [0.4, 0.5) is 0 Å². The van der Waals surface area contributed by atoms with Gasteiger partial charge >= 0.3 is 166 Å². The standard InChI is InChI=1S/C23H50ClP/c1-5-9-13-17-21-25(24,20-16-12-8-4,22-18-14-10-6-2)23-19-15-11-7-3/h5-23H2,1-4H3. The molecule has 0 aliphatic heterocycles. The van der Waals surface area contributed by atoms with Crippen molar-refractivity contribution in [2.24, 2.45) is 0 Å². The molecule has 0 radical (unpaired) electrons. The van der Waals surface area contributed by atoms with Crippen molar-refractivity contribution in [3.63, 3.8) is 0 Å². The van der Waals surface area contributed by atoms with E-state index in [-0.39, 0.29) is 0 Å². The summed E-state index contributed by atoms with van der Waals surface area (Å²) in [5.41, 5.74) is 0. The Labute approximate surface area is 166 Å². The van der Waals surface area contributed by atoms with Gasteiger partial charge in [-0.15, -0.1) is 0 Å². The molecule has 0 rings (SSSR count). The molecule has 0 heterocycles. The Bertz CT molecular complexity index is 256. The fourth-order valence-electron chi connectivity index (χ4n) is 4.23. The van der Waals surface area contributed by atoms with Crippen molar-refractivity contribution in [3.8, 4) is 0 Å². The molecule has 0 fully saturated rings. The molecule has 0 amide bonds. The summed E-state index contributed by atoms with van der Waals surface area (Å²) in [5.74, 6) is -2.00. The van der Waals surface area contributed by atoms with E-state index in [1.54, 1.807) is 0 Å². The van der Waals surface area contributed by atoms with E-state index in [4.69, 9.17) is 11.2 Å². The molecule has 0 saturated heterocycles. The van der Waals surface area contributed by atoms with Gasteiger partial charge in [0.1, 0.15) is 0 Å². The first kappa shape index (κ1) is 25.7. The van der Waals surface area contributed by atoms with E-state index in [2.05, 4.69) is 27.7 Å². The van der Waals surface area contributed by atoms with Crippen LogP contribution in [-0.2, 0) is 0 Å². The minimum absolute atomic E-state index is 1.32. The summed E-state index contributed by atoms with van der Waals surface area (Å²) in [6.45, 7) is 9.28. The van der Waals surface area contributed by atoms with Gasteiger partial charge in [0.15, 0.2) is 0 Å². The third kappa shape index (κ3) is 12.7. The van der Waals surface area contributed by atoms with Gasteiger partial charge in [0.05, 0.1) is 0 Å². The second kappa shape index (κ2) is 15.7. The molecule has 0 unspecified atom stereocenters. The van der Waals surface area contributed by atoms with E-state index in [0.29, 0.717) is 0 Å². The molecule has 2 heteroatoms. The normalized spacial score (nSPS) is 13.7. The van der Waals surface area contributed by atoms with Crippen molar-refractivity contribution in [1.82, 2.24) is 0 Å². The van der Waals surface area contributed by atoms with E-state index in [1.807, 2.05) is 0 Å². The second-order valence-corrected chi connectivity index (χ2v) is 16.9. The molecule has 154 valence electrons. The van der Waals surface area contributed by atoms with Crippen LogP contribution < -0.4 is 0 Å². The van der Waals surface area contributed by atoms with Gasteiger partial charge in [0, 0.05) is 0 Å². The summed E-state index contributed by atoms with van der Waals surface area (Å²) in [7, 11) is 0. The van der Waals surface area contributed by atoms with Gasteiger partial charge < -0.3 is 0 Å². The summed E-state index contributed by atoms with van der Waals surface area (Å²) >= 11 is 7.80. The molecule has 0 aromatic rings. The Balaban J connectivity index is 4.92. The Morgan fingerprint density at radius 2 is 0.640 bits per heavy atom. The SMILES string of the molecule is CCCCCCP(Cl)(CCCCC)(CCCCCC)CCCCCC. The van der Waals surface area contributed by atoms with Gasteiger partial charge in [-0.05, 0) is 0 Å². The van der Waals surface area contributed by atoms with E-state index in [0.717, 1.165) is 0 Å². The molecule has 0 aromatic carbocycles. The Morgan fingerprint density at radius 3 is 0.920 bits per heavy atom.